The standard InChI is InChI=1S/C12H21NO3/c1-9-7-13(6-5-10(9)14)8-12(2,3)11(15)16-4/h9H,5-8H2,1-4H3. The minimum Gasteiger partial charge on any atom is -0.469 e. The summed E-state index contributed by atoms with van der Waals surface area (Å²) in [5, 5.41) is 0. The van der Waals surface area contributed by atoms with Gasteiger partial charge in [-0.05, 0) is 13.8 Å². The van der Waals surface area contributed by atoms with Crippen LogP contribution in [0.3, 0.4) is 0 Å². The number of hydrogen-bond donors (Lipinski definition) is 0. The van der Waals surface area contributed by atoms with Crippen LogP contribution in [0.25, 0.3) is 0 Å². The van der Waals surface area contributed by atoms with Crippen LogP contribution in [0.5, 0.6) is 0 Å². The predicted octanol–water partition coefficient (Wildman–Crippen LogP) is 1.10. The van der Waals surface area contributed by atoms with Crippen LogP contribution in [-0.4, -0.2) is 43.4 Å². The molecule has 92 valence electrons. The Hall–Kier alpha value is -0.900. The molecule has 0 amide bonds. The van der Waals surface area contributed by atoms with Crippen molar-refractivity contribution in [1.82, 2.24) is 4.90 Å². The molecule has 1 fully saturated rings. The third-order valence-electron chi connectivity index (χ3n) is 3.11. The van der Waals surface area contributed by atoms with Crippen molar-refractivity contribution in [1.29, 1.82) is 0 Å². The Kier molecular flexibility index (Phi) is 4.08. The first kappa shape index (κ1) is 13.2. The topological polar surface area (TPSA) is 46.6 Å². The van der Waals surface area contributed by atoms with Crippen molar-refractivity contribution < 1.29 is 14.3 Å². The van der Waals surface area contributed by atoms with Gasteiger partial charge in [-0.2, -0.15) is 0 Å². The van der Waals surface area contributed by atoms with E-state index in [2.05, 4.69) is 4.90 Å². The normalized spacial score (nSPS) is 23.2. The van der Waals surface area contributed by atoms with Crippen molar-refractivity contribution in [2.45, 2.75) is 27.2 Å². The Bertz CT molecular complexity index is 286. The van der Waals surface area contributed by atoms with Crippen molar-refractivity contribution in [3.63, 3.8) is 0 Å². The highest BCUT2D eigenvalue weighted by molar-refractivity contribution is 5.81. The summed E-state index contributed by atoms with van der Waals surface area (Å²) in [6.45, 7) is 7.85. The SMILES string of the molecule is COC(=O)C(C)(C)CN1CCC(=O)C(C)C1. The van der Waals surface area contributed by atoms with Crippen LogP contribution >= 0.6 is 0 Å². The van der Waals surface area contributed by atoms with Crippen molar-refractivity contribution in [3.05, 3.63) is 0 Å². The van der Waals surface area contributed by atoms with Crippen LogP contribution in [0, 0.1) is 11.3 Å². The van der Waals surface area contributed by atoms with E-state index in [0.717, 1.165) is 13.1 Å². The lowest BCUT2D eigenvalue weighted by atomic mass is 9.90. The molecular weight excluding hydrogens is 206 g/mol. The van der Waals surface area contributed by atoms with E-state index in [1.807, 2.05) is 20.8 Å². The molecule has 4 heteroatoms. The maximum absolute atomic E-state index is 11.5. The molecule has 0 aliphatic carbocycles. The fourth-order valence-corrected chi connectivity index (χ4v) is 2.14. The Morgan fingerprint density at radius 3 is 2.69 bits per heavy atom. The molecule has 0 N–H and O–H groups in total. The van der Waals surface area contributed by atoms with E-state index < -0.39 is 5.41 Å². The minimum absolute atomic E-state index is 0.0854. The third-order valence-corrected chi connectivity index (χ3v) is 3.11. The highest BCUT2D eigenvalue weighted by atomic mass is 16.5. The molecule has 1 unspecified atom stereocenters. The molecule has 0 aromatic heterocycles. The number of ketones is 1. The smallest absolute Gasteiger partial charge is 0.312 e. The number of carbonyl (C=O) groups is 2. The van der Waals surface area contributed by atoms with E-state index in [9.17, 15) is 9.59 Å². The van der Waals surface area contributed by atoms with Gasteiger partial charge in [0.05, 0.1) is 12.5 Å². The van der Waals surface area contributed by atoms with E-state index in [1.165, 1.54) is 7.11 Å². The van der Waals surface area contributed by atoms with Crippen LogP contribution < -0.4 is 0 Å². The lowest BCUT2D eigenvalue weighted by molar-refractivity contribution is -0.152. The number of likely N-dealkylation sites (tertiary alicyclic amines) is 1. The van der Waals surface area contributed by atoms with E-state index in [-0.39, 0.29) is 11.9 Å². The zero-order valence-electron chi connectivity index (χ0n) is 10.6. The molecule has 0 saturated carbocycles. The van der Waals surface area contributed by atoms with E-state index >= 15 is 0 Å². The molecule has 1 rings (SSSR count). The number of carbonyl (C=O) groups excluding carboxylic acids is 2. The summed E-state index contributed by atoms with van der Waals surface area (Å²) in [6.07, 6.45) is 0.596. The lowest BCUT2D eigenvalue weighted by Crippen LogP contribution is -2.46. The first-order valence-electron chi connectivity index (χ1n) is 5.70. The number of hydrogen-bond acceptors (Lipinski definition) is 4. The number of rotatable bonds is 3. The molecular formula is C12H21NO3. The first-order valence-corrected chi connectivity index (χ1v) is 5.70. The quantitative estimate of drug-likeness (QED) is 0.677. The van der Waals surface area contributed by atoms with Crippen LogP contribution in [0.1, 0.15) is 27.2 Å². The summed E-state index contributed by atoms with van der Waals surface area (Å²) in [5.74, 6) is 0.214. The van der Waals surface area contributed by atoms with Gasteiger partial charge in [-0.3, -0.25) is 9.59 Å². The van der Waals surface area contributed by atoms with Crippen LogP contribution in [0.4, 0.5) is 0 Å². The minimum atomic E-state index is -0.505. The van der Waals surface area contributed by atoms with E-state index in [0.29, 0.717) is 18.7 Å². The largest absolute Gasteiger partial charge is 0.469 e. The van der Waals surface area contributed by atoms with Crippen LogP contribution in [0.15, 0.2) is 0 Å². The zero-order valence-corrected chi connectivity index (χ0v) is 10.6. The lowest BCUT2D eigenvalue weighted by Gasteiger charge is -2.35. The first-order chi connectivity index (χ1) is 7.36. The van der Waals surface area contributed by atoms with E-state index in [4.69, 9.17) is 4.74 Å². The molecule has 1 atom stereocenters. The number of methoxy groups -OCH3 is 1. The highest BCUT2D eigenvalue weighted by Crippen LogP contribution is 2.22. The number of nitrogens with zero attached hydrogens (tertiary/aromatic N) is 1. The van der Waals surface area contributed by atoms with Gasteiger partial charge in [-0.25, -0.2) is 0 Å². The van der Waals surface area contributed by atoms with Crippen molar-refractivity contribution in [2.75, 3.05) is 26.7 Å². The average Bonchev–Trinajstić information content (AvgIpc) is 2.22. The molecule has 1 heterocycles. The Labute approximate surface area is 96.9 Å². The van der Waals surface area contributed by atoms with Crippen molar-refractivity contribution in [2.24, 2.45) is 11.3 Å². The fraction of sp³-hybridized carbons (Fsp3) is 0.833. The summed E-state index contributed by atoms with van der Waals surface area (Å²) >= 11 is 0. The van der Waals surface area contributed by atoms with Gasteiger partial charge in [-0.15, -0.1) is 0 Å². The Balaban J connectivity index is 2.55. The monoisotopic (exact) mass is 227 g/mol. The summed E-state index contributed by atoms with van der Waals surface area (Å²) in [6, 6.07) is 0. The number of piperidine rings is 1. The van der Waals surface area contributed by atoms with E-state index in [1.54, 1.807) is 0 Å². The third kappa shape index (κ3) is 3.04. The zero-order chi connectivity index (χ0) is 12.3. The fourth-order valence-electron chi connectivity index (χ4n) is 2.14. The van der Waals surface area contributed by atoms with Gasteiger partial charge in [0, 0.05) is 32.0 Å². The molecule has 4 nitrogen and oxygen atoms in total. The van der Waals surface area contributed by atoms with Gasteiger partial charge in [-0.1, -0.05) is 6.92 Å². The average molecular weight is 227 g/mol. The van der Waals surface area contributed by atoms with Gasteiger partial charge in [0.25, 0.3) is 0 Å². The molecule has 0 bridgehead atoms. The maximum atomic E-state index is 11.5. The summed E-state index contributed by atoms with van der Waals surface area (Å²) < 4.78 is 4.77. The number of esters is 1. The molecule has 0 aromatic carbocycles. The molecule has 0 radical (unpaired) electrons. The summed E-state index contributed by atoms with van der Waals surface area (Å²) in [5.41, 5.74) is -0.505. The van der Waals surface area contributed by atoms with Gasteiger partial charge in [0.2, 0.25) is 0 Å². The second-order valence-corrected chi connectivity index (χ2v) is 5.23. The van der Waals surface area contributed by atoms with Gasteiger partial charge >= 0.3 is 5.97 Å². The summed E-state index contributed by atoms with van der Waals surface area (Å²) in [7, 11) is 1.41. The van der Waals surface area contributed by atoms with Gasteiger partial charge < -0.3 is 9.64 Å². The number of Topliss-reactive ketones (excluding diaryl/α,β-unsaturated/α-hetero) is 1. The molecule has 1 saturated heterocycles. The van der Waals surface area contributed by atoms with Crippen LogP contribution in [0.2, 0.25) is 0 Å². The Morgan fingerprint density at radius 2 is 2.19 bits per heavy atom. The number of ether oxygens (including phenoxy) is 1. The highest BCUT2D eigenvalue weighted by Gasteiger charge is 2.33. The molecule has 16 heavy (non-hydrogen) atoms. The summed E-state index contributed by atoms with van der Waals surface area (Å²) in [4.78, 5) is 25.1. The van der Waals surface area contributed by atoms with Gasteiger partial charge in [0.15, 0.2) is 0 Å². The molecule has 0 spiro atoms. The second kappa shape index (κ2) is 4.95. The second-order valence-electron chi connectivity index (χ2n) is 5.23. The van der Waals surface area contributed by atoms with Crippen LogP contribution in [-0.2, 0) is 14.3 Å². The predicted molar refractivity (Wildman–Crippen MR) is 61.0 cm³/mol. The van der Waals surface area contributed by atoms with Gasteiger partial charge in [0.1, 0.15) is 5.78 Å². The molecule has 0 aromatic rings. The Morgan fingerprint density at radius 1 is 1.56 bits per heavy atom. The van der Waals surface area contributed by atoms with Crippen molar-refractivity contribution in [3.8, 4) is 0 Å². The molecule has 1 aliphatic rings. The van der Waals surface area contributed by atoms with Crippen molar-refractivity contribution >= 4 is 11.8 Å². The maximum Gasteiger partial charge on any atom is 0.312 e. The molecule has 1 aliphatic heterocycles.